The highest BCUT2D eigenvalue weighted by Crippen LogP contribution is 2.17. The van der Waals surface area contributed by atoms with Gasteiger partial charge in [-0.3, -0.25) is 4.79 Å². The maximum atomic E-state index is 12.1. The molecule has 0 spiro atoms. The number of anilines is 1. The van der Waals surface area contributed by atoms with Gasteiger partial charge in [0.05, 0.1) is 11.6 Å². The lowest BCUT2D eigenvalue weighted by molar-refractivity contribution is -0.124. The molecule has 27 heavy (non-hydrogen) atoms. The van der Waals surface area contributed by atoms with E-state index in [4.69, 9.17) is 16.3 Å². The molecule has 5 nitrogen and oxygen atoms in total. The van der Waals surface area contributed by atoms with E-state index in [1.807, 2.05) is 31.2 Å². The highest BCUT2D eigenvalue weighted by atomic mass is 35.5. The van der Waals surface area contributed by atoms with Crippen LogP contribution in [0.5, 0.6) is 0 Å². The summed E-state index contributed by atoms with van der Waals surface area (Å²) in [5.74, 6) is -0.874. The predicted octanol–water partition coefficient (Wildman–Crippen LogP) is 4.22. The lowest BCUT2D eigenvalue weighted by Crippen LogP contribution is -2.31. The lowest BCUT2D eigenvalue weighted by Gasteiger charge is -2.21. The normalized spacial score (nSPS) is 11.6. The summed E-state index contributed by atoms with van der Waals surface area (Å²) in [5, 5.41) is 3.43. The van der Waals surface area contributed by atoms with E-state index < -0.39 is 5.97 Å². The van der Waals surface area contributed by atoms with E-state index >= 15 is 0 Å². The van der Waals surface area contributed by atoms with E-state index in [1.54, 1.807) is 24.3 Å². The smallest absolute Gasteiger partial charge is 0.338 e. The fraction of sp³-hybridized carbons (Fsp3) is 0.333. The van der Waals surface area contributed by atoms with Crippen LogP contribution < -0.4 is 10.2 Å². The van der Waals surface area contributed by atoms with Gasteiger partial charge < -0.3 is 15.0 Å². The van der Waals surface area contributed by atoms with Crippen LogP contribution in [-0.2, 0) is 9.53 Å². The first-order chi connectivity index (χ1) is 12.9. The van der Waals surface area contributed by atoms with Crippen molar-refractivity contribution in [2.45, 2.75) is 26.8 Å². The molecule has 0 aliphatic heterocycles. The van der Waals surface area contributed by atoms with Crippen molar-refractivity contribution in [3.05, 3.63) is 64.7 Å². The molecule has 0 bridgehead atoms. The molecule has 0 unspecified atom stereocenters. The summed E-state index contributed by atoms with van der Waals surface area (Å²) in [7, 11) is 0. The SMILES string of the molecule is CCN(CC)c1ccc(C(=O)OCC(=O)N[C@H](C)c2ccc(Cl)cc2)cc1. The highest BCUT2D eigenvalue weighted by molar-refractivity contribution is 6.30. The van der Waals surface area contributed by atoms with E-state index in [-0.39, 0.29) is 18.6 Å². The second-order valence-corrected chi connectivity index (χ2v) is 6.57. The van der Waals surface area contributed by atoms with Crippen molar-refractivity contribution < 1.29 is 14.3 Å². The van der Waals surface area contributed by atoms with Gasteiger partial charge in [-0.1, -0.05) is 23.7 Å². The van der Waals surface area contributed by atoms with Crippen LogP contribution in [0.2, 0.25) is 5.02 Å². The third-order valence-electron chi connectivity index (χ3n) is 4.31. The molecule has 0 radical (unpaired) electrons. The minimum absolute atomic E-state index is 0.207. The van der Waals surface area contributed by atoms with Crippen LogP contribution in [0.3, 0.4) is 0 Å². The molecular weight excluding hydrogens is 364 g/mol. The maximum absolute atomic E-state index is 12.1. The molecule has 1 atom stereocenters. The van der Waals surface area contributed by atoms with Gasteiger partial charge in [-0.05, 0) is 62.7 Å². The standard InChI is InChI=1S/C21H25ClN2O3/c1-4-24(5-2)19-12-8-17(9-13-19)21(26)27-14-20(25)23-15(3)16-6-10-18(22)11-7-16/h6-13,15H,4-5,14H2,1-3H3,(H,23,25)/t15-/m1/s1. The van der Waals surface area contributed by atoms with E-state index in [2.05, 4.69) is 24.1 Å². The molecule has 2 rings (SSSR count). The summed E-state index contributed by atoms with van der Waals surface area (Å²) < 4.78 is 5.11. The Bertz CT molecular complexity index is 756. The first-order valence-electron chi connectivity index (χ1n) is 9.01. The number of carbonyl (C=O) groups excluding carboxylic acids is 2. The zero-order valence-corrected chi connectivity index (χ0v) is 16.6. The van der Waals surface area contributed by atoms with E-state index in [9.17, 15) is 9.59 Å². The number of ether oxygens (including phenoxy) is 1. The third kappa shape index (κ3) is 6.00. The monoisotopic (exact) mass is 388 g/mol. The molecule has 2 aromatic rings. The van der Waals surface area contributed by atoms with E-state index in [0.717, 1.165) is 24.3 Å². The Morgan fingerprint density at radius 3 is 2.19 bits per heavy atom. The molecule has 0 saturated heterocycles. The number of esters is 1. The number of nitrogens with one attached hydrogen (secondary N) is 1. The molecule has 0 aliphatic rings. The molecule has 6 heteroatoms. The molecule has 1 amide bonds. The Morgan fingerprint density at radius 2 is 1.63 bits per heavy atom. The van der Waals surface area contributed by atoms with Crippen molar-refractivity contribution in [3.63, 3.8) is 0 Å². The van der Waals surface area contributed by atoms with Gasteiger partial charge in [0.2, 0.25) is 0 Å². The summed E-state index contributed by atoms with van der Waals surface area (Å²) in [4.78, 5) is 26.3. The fourth-order valence-electron chi connectivity index (χ4n) is 2.73. The number of benzene rings is 2. The molecule has 0 heterocycles. The molecule has 2 aromatic carbocycles. The van der Waals surface area contributed by atoms with Crippen LogP contribution in [0.1, 0.15) is 42.7 Å². The molecule has 144 valence electrons. The summed E-state index contributed by atoms with van der Waals surface area (Å²) in [6.45, 7) is 7.48. The van der Waals surface area contributed by atoms with Gasteiger partial charge in [0.15, 0.2) is 6.61 Å². The van der Waals surface area contributed by atoms with E-state index in [0.29, 0.717) is 10.6 Å². The van der Waals surface area contributed by atoms with Crippen molar-refractivity contribution >= 4 is 29.2 Å². The van der Waals surface area contributed by atoms with Crippen LogP contribution in [0.25, 0.3) is 0 Å². The first kappa shape index (κ1) is 20.8. The number of halogens is 1. The third-order valence-corrected chi connectivity index (χ3v) is 4.57. The molecule has 0 aliphatic carbocycles. The summed E-state index contributed by atoms with van der Waals surface area (Å²) >= 11 is 5.86. The first-order valence-corrected chi connectivity index (χ1v) is 9.39. The minimum atomic E-state index is -0.518. The van der Waals surface area contributed by atoms with Crippen LogP contribution in [0, 0.1) is 0 Å². The average Bonchev–Trinajstić information content (AvgIpc) is 2.68. The summed E-state index contributed by atoms with van der Waals surface area (Å²) in [6, 6.07) is 14.2. The Morgan fingerprint density at radius 1 is 1.04 bits per heavy atom. The Hall–Kier alpha value is -2.53. The van der Waals surface area contributed by atoms with Crippen LogP contribution in [0.15, 0.2) is 48.5 Å². The minimum Gasteiger partial charge on any atom is -0.452 e. The quantitative estimate of drug-likeness (QED) is 0.688. The highest BCUT2D eigenvalue weighted by Gasteiger charge is 2.13. The Balaban J connectivity index is 1.85. The van der Waals surface area contributed by atoms with Gasteiger partial charge in [-0.15, -0.1) is 0 Å². The molecule has 0 aromatic heterocycles. The molecular formula is C21H25ClN2O3. The number of nitrogens with zero attached hydrogens (tertiary/aromatic N) is 1. The average molecular weight is 389 g/mol. The van der Waals surface area contributed by atoms with Crippen molar-refractivity contribution in [2.75, 3.05) is 24.6 Å². The number of hydrogen-bond donors (Lipinski definition) is 1. The van der Waals surface area contributed by atoms with Crippen molar-refractivity contribution in [2.24, 2.45) is 0 Å². The number of hydrogen-bond acceptors (Lipinski definition) is 4. The summed E-state index contributed by atoms with van der Waals surface area (Å²) in [5.41, 5.74) is 2.39. The van der Waals surface area contributed by atoms with Crippen LogP contribution >= 0.6 is 11.6 Å². The number of carbonyl (C=O) groups is 2. The van der Waals surface area contributed by atoms with Gasteiger partial charge in [-0.25, -0.2) is 4.79 Å². The lowest BCUT2D eigenvalue weighted by atomic mass is 10.1. The van der Waals surface area contributed by atoms with Gasteiger partial charge in [0, 0.05) is 23.8 Å². The molecule has 0 fully saturated rings. The van der Waals surface area contributed by atoms with Gasteiger partial charge in [0.1, 0.15) is 0 Å². The zero-order valence-electron chi connectivity index (χ0n) is 15.9. The largest absolute Gasteiger partial charge is 0.452 e. The second kappa shape index (κ2) is 9.97. The zero-order chi connectivity index (χ0) is 19.8. The van der Waals surface area contributed by atoms with E-state index in [1.165, 1.54) is 0 Å². The van der Waals surface area contributed by atoms with Gasteiger partial charge in [-0.2, -0.15) is 0 Å². The predicted molar refractivity (Wildman–Crippen MR) is 108 cm³/mol. The summed E-state index contributed by atoms with van der Waals surface area (Å²) in [6.07, 6.45) is 0. The topological polar surface area (TPSA) is 58.6 Å². The van der Waals surface area contributed by atoms with Crippen LogP contribution in [0.4, 0.5) is 5.69 Å². The molecule has 0 saturated carbocycles. The Labute approximate surface area is 165 Å². The van der Waals surface area contributed by atoms with Crippen molar-refractivity contribution in [1.82, 2.24) is 5.32 Å². The number of amides is 1. The van der Waals surface area contributed by atoms with Gasteiger partial charge >= 0.3 is 5.97 Å². The Kier molecular flexibility index (Phi) is 7.67. The number of rotatable bonds is 8. The van der Waals surface area contributed by atoms with Crippen LogP contribution in [-0.4, -0.2) is 31.6 Å². The fourth-order valence-corrected chi connectivity index (χ4v) is 2.86. The maximum Gasteiger partial charge on any atom is 0.338 e. The van der Waals surface area contributed by atoms with Crippen molar-refractivity contribution in [3.8, 4) is 0 Å². The second-order valence-electron chi connectivity index (χ2n) is 6.14. The van der Waals surface area contributed by atoms with Crippen molar-refractivity contribution in [1.29, 1.82) is 0 Å². The van der Waals surface area contributed by atoms with Gasteiger partial charge in [0.25, 0.3) is 5.91 Å². The molecule has 1 N–H and O–H groups in total.